The maximum atomic E-state index is 9.71. The number of nitrogens with two attached hydrogens (primary N) is 2. The fraction of sp³-hybridized carbons (Fsp3) is 0.100. The second-order valence-electron chi connectivity index (χ2n) is 6.20. The van der Waals surface area contributed by atoms with Gasteiger partial charge in [-0.3, -0.25) is 0 Å². The van der Waals surface area contributed by atoms with E-state index in [2.05, 4.69) is 0 Å². The van der Waals surface area contributed by atoms with Crippen molar-refractivity contribution in [2.75, 3.05) is 11.5 Å². The summed E-state index contributed by atoms with van der Waals surface area (Å²) in [6.45, 7) is 0. The average molecular weight is 352 g/mol. The molecule has 0 radical (unpaired) electrons. The lowest BCUT2D eigenvalue weighted by Crippen LogP contribution is -2.06. The van der Waals surface area contributed by atoms with Crippen LogP contribution in [0.1, 0.15) is 22.3 Å². The van der Waals surface area contributed by atoms with Gasteiger partial charge in [-0.25, -0.2) is 0 Å². The molecule has 0 spiro atoms. The Balaban J connectivity index is 2.00. The highest BCUT2D eigenvalue weighted by molar-refractivity contribution is 5.64. The molecule has 3 rings (SSSR count). The van der Waals surface area contributed by atoms with Gasteiger partial charge < -0.3 is 31.9 Å². The van der Waals surface area contributed by atoms with Crippen molar-refractivity contribution < 1.29 is 20.4 Å². The Morgan fingerprint density at radius 1 is 0.538 bits per heavy atom. The minimum atomic E-state index is -0.199. The molecule has 134 valence electrons. The van der Waals surface area contributed by atoms with E-state index in [9.17, 15) is 20.4 Å². The smallest absolute Gasteiger partial charge is 0.157 e. The molecule has 0 unspecified atom stereocenters. The second kappa shape index (κ2) is 6.76. The average Bonchev–Trinajstić information content (AvgIpc) is 2.60. The number of rotatable bonds is 4. The van der Waals surface area contributed by atoms with Crippen LogP contribution in [0.3, 0.4) is 0 Å². The molecular weight excluding hydrogens is 332 g/mol. The quantitative estimate of drug-likeness (QED) is 0.316. The Labute approximate surface area is 150 Å². The molecule has 0 aliphatic carbocycles. The van der Waals surface area contributed by atoms with Gasteiger partial charge in [-0.05, 0) is 71.5 Å². The molecule has 0 heterocycles. The second-order valence-corrected chi connectivity index (χ2v) is 6.20. The van der Waals surface area contributed by atoms with Gasteiger partial charge in [0.05, 0.1) is 0 Å². The van der Waals surface area contributed by atoms with Crippen molar-refractivity contribution in [2.45, 2.75) is 12.8 Å². The monoisotopic (exact) mass is 352 g/mol. The lowest BCUT2D eigenvalue weighted by molar-refractivity contribution is 0.403. The van der Waals surface area contributed by atoms with E-state index in [4.69, 9.17) is 11.5 Å². The molecule has 0 atom stereocenters. The summed E-state index contributed by atoms with van der Waals surface area (Å²) in [4.78, 5) is 0. The van der Waals surface area contributed by atoms with Crippen LogP contribution >= 0.6 is 0 Å². The van der Waals surface area contributed by atoms with E-state index in [0.717, 1.165) is 22.3 Å². The molecule has 3 aromatic rings. The van der Waals surface area contributed by atoms with Gasteiger partial charge in [0.1, 0.15) is 0 Å². The van der Waals surface area contributed by atoms with E-state index < -0.39 is 0 Å². The van der Waals surface area contributed by atoms with Gasteiger partial charge in [-0.15, -0.1) is 0 Å². The molecule has 26 heavy (non-hydrogen) atoms. The van der Waals surface area contributed by atoms with Gasteiger partial charge in [0.25, 0.3) is 0 Å². The van der Waals surface area contributed by atoms with Gasteiger partial charge in [0.2, 0.25) is 0 Å². The molecule has 0 aromatic heterocycles. The third kappa shape index (κ3) is 3.44. The first-order valence-corrected chi connectivity index (χ1v) is 8.02. The summed E-state index contributed by atoms with van der Waals surface area (Å²) in [5, 5.41) is 38.3. The molecule has 0 amide bonds. The van der Waals surface area contributed by atoms with Gasteiger partial charge in [-0.1, -0.05) is 12.1 Å². The molecule has 6 nitrogen and oxygen atoms in total. The molecule has 0 aliphatic heterocycles. The first-order chi connectivity index (χ1) is 12.3. The molecule has 0 bridgehead atoms. The summed E-state index contributed by atoms with van der Waals surface area (Å²) in [5.74, 6) is -0.770. The first kappa shape index (κ1) is 17.3. The zero-order valence-electron chi connectivity index (χ0n) is 14.0. The van der Waals surface area contributed by atoms with Gasteiger partial charge in [-0.2, -0.15) is 0 Å². The number of nitrogen functional groups attached to an aromatic ring is 2. The molecule has 6 heteroatoms. The zero-order chi connectivity index (χ0) is 18.8. The lowest BCUT2D eigenvalue weighted by atomic mass is 9.92. The van der Waals surface area contributed by atoms with Crippen LogP contribution in [0.15, 0.2) is 48.5 Å². The highest BCUT2D eigenvalue weighted by Gasteiger charge is 2.14. The maximum Gasteiger partial charge on any atom is 0.157 e. The van der Waals surface area contributed by atoms with Crippen molar-refractivity contribution in [2.24, 2.45) is 0 Å². The molecule has 0 fully saturated rings. The van der Waals surface area contributed by atoms with Crippen molar-refractivity contribution in [3.63, 3.8) is 0 Å². The van der Waals surface area contributed by atoms with Gasteiger partial charge in [0, 0.05) is 11.4 Å². The molecule has 3 aromatic carbocycles. The molecule has 8 N–H and O–H groups in total. The standard InChI is InChI=1S/C20H20N2O4/c21-15-3-4-16(22)14(8-12-2-6-18(24)20(26)10-12)13(15)7-11-1-5-17(23)19(25)9-11/h1-6,9-10,23-26H,7-8,21-22H2. The fourth-order valence-corrected chi connectivity index (χ4v) is 2.91. The Morgan fingerprint density at radius 3 is 1.27 bits per heavy atom. The SMILES string of the molecule is Nc1ccc(N)c(Cc2ccc(O)c(O)c2)c1Cc1ccc(O)c(O)c1. The van der Waals surface area contributed by atoms with E-state index in [1.807, 2.05) is 0 Å². The van der Waals surface area contributed by atoms with Crippen LogP contribution in [-0.2, 0) is 12.8 Å². The number of hydrogen-bond acceptors (Lipinski definition) is 6. The topological polar surface area (TPSA) is 133 Å². The zero-order valence-corrected chi connectivity index (χ0v) is 14.0. The number of phenols is 4. The predicted octanol–water partition coefficient (Wildman–Crippen LogP) is 2.86. The van der Waals surface area contributed by atoms with E-state index in [1.54, 1.807) is 24.3 Å². The Kier molecular flexibility index (Phi) is 4.49. The summed E-state index contributed by atoms with van der Waals surface area (Å²) in [7, 11) is 0. The van der Waals surface area contributed by atoms with Gasteiger partial charge in [0.15, 0.2) is 23.0 Å². The number of anilines is 2. The van der Waals surface area contributed by atoms with Crippen LogP contribution in [0.5, 0.6) is 23.0 Å². The fourth-order valence-electron chi connectivity index (χ4n) is 2.91. The van der Waals surface area contributed by atoms with Crippen LogP contribution in [0.2, 0.25) is 0 Å². The molecule has 0 aliphatic rings. The predicted molar refractivity (Wildman–Crippen MR) is 100 cm³/mol. The minimum Gasteiger partial charge on any atom is -0.504 e. The van der Waals surface area contributed by atoms with Crippen molar-refractivity contribution in [1.82, 2.24) is 0 Å². The molecular formula is C20H20N2O4. The van der Waals surface area contributed by atoms with E-state index in [0.29, 0.717) is 24.2 Å². The molecule has 0 saturated carbocycles. The summed E-state index contributed by atoms with van der Waals surface area (Å²) in [5.41, 5.74) is 16.6. The number of phenolic OH excluding ortho intramolecular Hbond substituents is 4. The highest BCUT2D eigenvalue weighted by Crippen LogP contribution is 2.33. The van der Waals surface area contributed by atoms with E-state index >= 15 is 0 Å². The van der Waals surface area contributed by atoms with Crippen molar-refractivity contribution in [3.8, 4) is 23.0 Å². The highest BCUT2D eigenvalue weighted by atomic mass is 16.3. The normalized spacial score (nSPS) is 10.8. The van der Waals surface area contributed by atoms with Crippen molar-refractivity contribution >= 4 is 11.4 Å². The van der Waals surface area contributed by atoms with Crippen LogP contribution in [0.25, 0.3) is 0 Å². The van der Waals surface area contributed by atoms with Crippen LogP contribution in [0, 0.1) is 0 Å². The van der Waals surface area contributed by atoms with Crippen LogP contribution in [0.4, 0.5) is 11.4 Å². The summed E-state index contributed by atoms with van der Waals surface area (Å²) < 4.78 is 0. The Morgan fingerprint density at radius 2 is 0.923 bits per heavy atom. The minimum absolute atomic E-state index is 0.186. The van der Waals surface area contributed by atoms with E-state index in [-0.39, 0.29) is 23.0 Å². The third-order valence-corrected chi connectivity index (χ3v) is 4.35. The number of benzene rings is 3. The molecule has 0 saturated heterocycles. The third-order valence-electron chi connectivity index (χ3n) is 4.35. The van der Waals surface area contributed by atoms with Crippen molar-refractivity contribution in [3.05, 3.63) is 70.8 Å². The first-order valence-electron chi connectivity index (χ1n) is 8.02. The van der Waals surface area contributed by atoms with E-state index in [1.165, 1.54) is 24.3 Å². The van der Waals surface area contributed by atoms with Crippen molar-refractivity contribution in [1.29, 1.82) is 0 Å². The summed E-state index contributed by atoms with van der Waals surface area (Å²) >= 11 is 0. The summed E-state index contributed by atoms with van der Waals surface area (Å²) in [6.07, 6.45) is 0.841. The Bertz CT molecular complexity index is 892. The van der Waals surface area contributed by atoms with Gasteiger partial charge >= 0.3 is 0 Å². The number of aromatic hydroxyl groups is 4. The summed E-state index contributed by atoms with van der Waals surface area (Å²) in [6, 6.07) is 12.7. The van der Waals surface area contributed by atoms with Crippen LogP contribution in [-0.4, -0.2) is 20.4 Å². The maximum absolute atomic E-state index is 9.71. The Hall–Kier alpha value is -3.54. The number of hydrogen-bond donors (Lipinski definition) is 6. The lowest BCUT2D eigenvalue weighted by Gasteiger charge is -2.16. The van der Waals surface area contributed by atoms with Crippen LogP contribution < -0.4 is 11.5 Å². The largest absolute Gasteiger partial charge is 0.504 e.